The van der Waals surface area contributed by atoms with Gasteiger partial charge in [-0.15, -0.1) is 0 Å². The Morgan fingerprint density at radius 2 is 2.05 bits per heavy atom. The maximum Gasteiger partial charge on any atom is 0.337 e. The highest BCUT2D eigenvalue weighted by Gasteiger charge is 2.07. The molecule has 6 heteroatoms. The van der Waals surface area contributed by atoms with E-state index in [0.29, 0.717) is 18.8 Å². The van der Waals surface area contributed by atoms with Crippen molar-refractivity contribution in [3.63, 3.8) is 0 Å². The van der Waals surface area contributed by atoms with E-state index in [-0.39, 0.29) is 17.1 Å². The Balaban J connectivity index is 1.94. The summed E-state index contributed by atoms with van der Waals surface area (Å²) in [6, 6.07) is 7.59. The van der Waals surface area contributed by atoms with Crippen LogP contribution in [0.3, 0.4) is 0 Å². The predicted molar refractivity (Wildman–Crippen MR) is 74.2 cm³/mol. The Kier molecular flexibility index (Phi) is 4.14. The fourth-order valence-corrected chi connectivity index (χ4v) is 1.72. The average Bonchev–Trinajstić information content (AvgIpc) is 2.42. The van der Waals surface area contributed by atoms with Crippen molar-refractivity contribution in [3.05, 3.63) is 53.5 Å². The number of hydrogen-bond acceptors (Lipinski definition) is 4. The number of hydrogen-bond donors (Lipinski definition) is 3. The summed E-state index contributed by atoms with van der Waals surface area (Å²) in [5.41, 5.74) is 7.04. The molecule has 2 aromatic rings. The zero-order chi connectivity index (χ0) is 14.5. The third kappa shape index (κ3) is 3.44. The number of halogens is 1. The minimum Gasteiger partial charge on any atom is -0.478 e. The fraction of sp³-hybridized carbons (Fsp3) is 0.143. The number of carbonyl (C=O) groups is 1. The van der Waals surface area contributed by atoms with Gasteiger partial charge in [0.05, 0.1) is 11.3 Å². The minimum atomic E-state index is -1.07. The van der Waals surface area contributed by atoms with Crippen LogP contribution >= 0.6 is 0 Å². The molecule has 104 valence electrons. The Morgan fingerprint density at radius 1 is 1.35 bits per heavy atom. The first kappa shape index (κ1) is 13.8. The number of carboxylic acid groups (broad SMARTS) is 1. The van der Waals surface area contributed by atoms with Crippen molar-refractivity contribution in [2.75, 3.05) is 17.6 Å². The summed E-state index contributed by atoms with van der Waals surface area (Å²) < 4.78 is 12.7. The lowest BCUT2D eigenvalue weighted by molar-refractivity contribution is 0.0696. The summed E-state index contributed by atoms with van der Waals surface area (Å²) in [6.07, 6.45) is 1.93. The van der Waals surface area contributed by atoms with Crippen LogP contribution < -0.4 is 11.1 Å². The van der Waals surface area contributed by atoms with Crippen LogP contribution in [0.1, 0.15) is 15.9 Å². The van der Waals surface area contributed by atoms with Gasteiger partial charge in [-0.3, -0.25) is 0 Å². The first-order valence-corrected chi connectivity index (χ1v) is 6.03. The molecule has 0 saturated carbocycles. The Labute approximate surface area is 115 Å². The Bertz CT molecular complexity index is 614. The van der Waals surface area contributed by atoms with Crippen LogP contribution in [0.5, 0.6) is 0 Å². The van der Waals surface area contributed by atoms with Crippen LogP contribution in [0, 0.1) is 5.82 Å². The lowest BCUT2D eigenvalue weighted by Gasteiger charge is -2.08. The van der Waals surface area contributed by atoms with Gasteiger partial charge < -0.3 is 16.2 Å². The SMILES string of the molecule is Nc1cc(C(=O)O)cnc1NCCc1ccc(F)cc1. The number of aromatic carboxylic acids is 1. The summed E-state index contributed by atoms with van der Waals surface area (Å²) in [6.45, 7) is 0.565. The van der Waals surface area contributed by atoms with Crippen LogP contribution in [0.4, 0.5) is 15.9 Å². The van der Waals surface area contributed by atoms with Gasteiger partial charge in [-0.05, 0) is 30.2 Å². The molecule has 0 saturated heterocycles. The van der Waals surface area contributed by atoms with Crippen molar-refractivity contribution in [1.29, 1.82) is 0 Å². The van der Waals surface area contributed by atoms with Gasteiger partial charge in [-0.2, -0.15) is 0 Å². The highest BCUT2D eigenvalue weighted by atomic mass is 19.1. The second-order valence-electron chi connectivity index (χ2n) is 4.27. The van der Waals surface area contributed by atoms with E-state index in [1.54, 1.807) is 12.1 Å². The first-order chi connectivity index (χ1) is 9.56. The van der Waals surface area contributed by atoms with Gasteiger partial charge in [0.1, 0.15) is 11.6 Å². The first-order valence-electron chi connectivity index (χ1n) is 6.03. The lowest BCUT2D eigenvalue weighted by Crippen LogP contribution is -2.10. The van der Waals surface area contributed by atoms with Gasteiger partial charge >= 0.3 is 5.97 Å². The van der Waals surface area contributed by atoms with Gasteiger partial charge in [-0.1, -0.05) is 12.1 Å². The van der Waals surface area contributed by atoms with E-state index in [0.717, 1.165) is 5.56 Å². The maximum absolute atomic E-state index is 12.7. The van der Waals surface area contributed by atoms with E-state index in [4.69, 9.17) is 10.8 Å². The van der Waals surface area contributed by atoms with Gasteiger partial charge in [0.2, 0.25) is 0 Å². The zero-order valence-electron chi connectivity index (χ0n) is 10.6. The summed E-state index contributed by atoms with van der Waals surface area (Å²) in [5, 5.41) is 11.8. The van der Waals surface area contributed by atoms with Gasteiger partial charge in [0.15, 0.2) is 0 Å². The smallest absolute Gasteiger partial charge is 0.337 e. The van der Waals surface area contributed by atoms with Crippen molar-refractivity contribution in [2.24, 2.45) is 0 Å². The molecule has 0 amide bonds. The molecule has 1 heterocycles. The molecule has 1 aromatic carbocycles. The standard InChI is InChI=1S/C14H14FN3O2/c15-11-3-1-9(2-4-11)5-6-17-13-12(16)7-10(8-18-13)14(19)20/h1-4,7-8H,5-6,16H2,(H,17,18)(H,19,20). The van der Waals surface area contributed by atoms with Crippen molar-refractivity contribution in [1.82, 2.24) is 4.98 Å². The summed E-state index contributed by atoms with van der Waals surface area (Å²) in [7, 11) is 0. The Morgan fingerprint density at radius 3 is 2.65 bits per heavy atom. The van der Waals surface area contributed by atoms with Crippen LogP contribution in [0.15, 0.2) is 36.5 Å². The number of nitrogens with one attached hydrogen (secondary N) is 1. The van der Waals surface area contributed by atoms with Crippen molar-refractivity contribution in [3.8, 4) is 0 Å². The van der Waals surface area contributed by atoms with Crippen LogP contribution in [0.2, 0.25) is 0 Å². The maximum atomic E-state index is 12.7. The second-order valence-corrected chi connectivity index (χ2v) is 4.27. The fourth-order valence-electron chi connectivity index (χ4n) is 1.72. The molecule has 0 aliphatic carbocycles. The van der Waals surface area contributed by atoms with E-state index in [2.05, 4.69) is 10.3 Å². The van der Waals surface area contributed by atoms with E-state index in [1.165, 1.54) is 24.4 Å². The molecule has 1 aromatic heterocycles. The molecule has 0 aliphatic rings. The normalized spacial score (nSPS) is 10.2. The lowest BCUT2D eigenvalue weighted by atomic mass is 10.1. The van der Waals surface area contributed by atoms with Crippen molar-refractivity contribution >= 4 is 17.5 Å². The number of benzene rings is 1. The average molecular weight is 275 g/mol. The molecule has 4 N–H and O–H groups in total. The number of rotatable bonds is 5. The van der Waals surface area contributed by atoms with Gasteiger partial charge in [0.25, 0.3) is 0 Å². The number of aromatic nitrogens is 1. The number of nitrogens with two attached hydrogens (primary N) is 1. The van der Waals surface area contributed by atoms with E-state index in [1.807, 2.05) is 0 Å². The molecule has 0 radical (unpaired) electrons. The Hall–Kier alpha value is -2.63. The van der Waals surface area contributed by atoms with Gasteiger partial charge in [-0.25, -0.2) is 14.2 Å². The number of pyridine rings is 1. The van der Waals surface area contributed by atoms with E-state index in [9.17, 15) is 9.18 Å². The minimum absolute atomic E-state index is 0.0478. The third-order valence-corrected chi connectivity index (χ3v) is 2.78. The second kappa shape index (κ2) is 6.01. The molecule has 20 heavy (non-hydrogen) atoms. The van der Waals surface area contributed by atoms with E-state index < -0.39 is 5.97 Å². The summed E-state index contributed by atoms with van der Waals surface area (Å²) in [5.74, 6) is -0.893. The molecular formula is C14H14FN3O2. The van der Waals surface area contributed by atoms with Crippen molar-refractivity contribution in [2.45, 2.75) is 6.42 Å². The monoisotopic (exact) mass is 275 g/mol. The predicted octanol–water partition coefficient (Wildman–Crippen LogP) is 2.16. The zero-order valence-corrected chi connectivity index (χ0v) is 10.6. The highest BCUT2D eigenvalue weighted by molar-refractivity contribution is 5.89. The number of anilines is 2. The molecular weight excluding hydrogens is 261 g/mol. The van der Waals surface area contributed by atoms with Crippen molar-refractivity contribution < 1.29 is 14.3 Å². The molecule has 0 atom stereocenters. The van der Waals surface area contributed by atoms with Crippen LogP contribution in [0.25, 0.3) is 0 Å². The molecule has 0 bridgehead atoms. The van der Waals surface area contributed by atoms with Crippen LogP contribution in [-0.4, -0.2) is 22.6 Å². The van der Waals surface area contributed by atoms with Crippen LogP contribution in [-0.2, 0) is 6.42 Å². The quantitative estimate of drug-likeness (QED) is 0.778. The summed E-state index contributed by atoms with van der Waals surface area (Å²) >= 11 is 0. The number of carboxylic acids is 1. The third-order valence-electron chi connectivity index (χ3n) is 2.78. The molecule has 0 aliphatic heterocycles. The molecule has 0 fully saturated rings. The molecule has 0 spiro atoms. The molecule has 5 nitrogen and oxygen atoms in total. The summed E-state index contributed by atoms with van der Waals surface area (Å²) in [4.78, 5) is 14.7. The van der Waals surface area contributed by atoms with E-state index >= 15 is 0 Å². The number of nitrogen functional groups attached to an aromatic ring is 1. The molecule has 0 unspecified atom stereocenters. The van der Waals surface area contributed by atoms with Gasteiger partial charge in [0, 0.05) is 12.7 Å². The largest absolute Gasteiger partial charge is 0.478 e. The number of nitrogens with zero attached hydrogens (tertiary/aromatic N) is 1. The highest BCUT2D eigenvalue weighted by Crippen LogP contribution is 2.16. The topological polar surface area (TPSA) is 88.2 Å². The molecule has 2 rings (SSSR count).